The van der Waals surface area contributed by atoms with Crippen LogP contribution in [0.3, 0.4) is 0 Å². The van der Waals surface area contributed by atoms with Crippen LogP contribution in [0.1, 0.15) is 69.7 Å². The summed E-state index contributed by atoms with van der Waals surface area (Å²) >= 11 is 0. The van der Waals surface area contributed by atoms with Gasteiger partial charge >= 0.3 is 5.97 Å². The Kier molecular flexibility index (Phi) is 5.17. The number of ether oxygens (including phenoxy) is 1. The minimum Gasteiger partial charge on any atom is -0.459 e. The summed E-state index contributed by atoms with van der Waals surface area (Å²) < 4.78 is 5.66. The van der Waals surface area contributed by atoms with Gasteiger partial charge in [0.2, 0.25) is 11.8 Å². The van der Waals surface area contributed by atoms with Crippen molar-refractivity contribution in [1.82, 2.24) is 0 Å². The monoisotopic (exact) mass is 357 g/mol. The molecule has 0 aromatic heterocycles. The van der Waals surface area contributed by atoms with Gasteiger partial charge in [-0.1, -0.05) is 20.8 Å². The number of esters is 1. The molecule has 1 aromatic carbocycles. The number of carbonyl (C=O) groups excluding carboxylic acids is 3. The standard InChI is InChI=1S/C21H27NO4/c1-21(2,3)15-6-10-17(11-7-15)26-20(25)14-4-8-16(9-5-14)22-18(23)12-13-19(22)24/h4-5,8-9,15,17H,6-7,10-13H2,1-3H3. The molecule has 1 saturated carbocycles. The van der Waals surface area contributed by atoms with Crippen molar-refractivity contribution in [3.05, 3.63) is 29.8 Å². The second-order valence-electron chi connectivity index (χ2n) is 8.41. The number of carbonyl (C=O) groups is 3. The van der Waals surface area contributed by atoms with E-state index in [2.05, 4.69) is 20.8 Å². The van der Waals surface area contributed by atoms with Crippen LogP contribution in [0.4, 0.5) is 5.69 Å². The zero-order valence-electron chi connectivity index (χ0n) is 15.8. The molecule has 1 heterocycles. The van der Waals surface area contributed by atoms with Crippen molar-refractivity contribution in [2.24, 2.45) is 11.3 Å². The van der Waals surface area contributed by atoms with E-state index < -0.39 is 0 Å². The normalized spacial score (nSPS) is 24.0. The highest BCUT2D eigenvalue weighted by atomic mass is 16.5. The number of anilines is 1. The molecule has 3 rings (SSSR count). The van der Waals surface area contributed by atoms with Crippen LogP contribution in [0.5, 0.6) is 0 Å². The molecule has 2 fully saturated rings. The number of benzene rings is 1. The predicted molar refractivity (Wildman–Crippen MR) is 98.8 cm³/mol. The summed E-state index contributed by atoms with van der Waals surface area (Å²) in [6.07, 6.45) is 4.45. The quantitative estimate of drug-likeness (QED) is 0.603. The van der Waals surface area contributed by atoms with Gasteiger partial charge in [0, 0.05) is 12.8 Å². The molecule has 1 aliphatic heterocycles. The maximum Gasteiger partial charge on any atom is 0.338 e. The van der Waals surface area contributed by atoms with E-state index >= 15 is 0 Å². The fraction of sp³-hybridized carbons (Fsp3) is 0.571. The number of hydrogen-bond acceptors (Lipinski definition) is 4. The second-order valence-corrected chi connectivity index (χ2v) is 8.41. The van der Waals surface area contributed by atoms with Gasteiger partial charge in [-0.15, -0.1) is 0 Å². The van der Waals surface area contributed by atoms with E-state index in [9.17, 15) is 14.4 Å². The number of rotatable bonds is 3. The van der Waals surface area contributed by atoms with Gasteiger partial charge in [0.25, 0.3) is 0 Å². The van der Waals surface area contributed by atoms with Crippen LogP contribution in [0.2, 0.25) is 0 Å². The molecule has 26 heavy (non-hydrogen) atoms. The van der Waals surface area contributed by atoms with Gasteiger partial charge in [-0.2, -0.15) is 0 Å². The maximum absolute atomic E-state index is 12.4. The lowest BCUT2D eigenvalue weighted by atomic mass is 9.72. The van der Waals surface area contributed by atoms with Crippen molar-refractivity contribution < 1.29 is 19.1 Å². The van der Waals surface area contributed by atoms with Crippen molar-refractivity contribution in [1.29, 1.82) is 0 Å². The number of imide groups is 1. The summed E-state index contributed by atoms with van der Waals surface area (Å²) in [5.74, 6) is -0.0519. The summed E-state index contributed by atoms with van der Waals surface area (Å²) in [4.78, 5) is 37.1. The van der Waals surface area contributed by atoms with E-state index in [0.717, 1.165) is 25.7 Å². The van der Waals surface area contributed by atoms with Crippen molar-refractivity contribution in [2.75, 3.05) is 4.90 Å². The Balaban J connectivity index is 1.57. The van der Waals surface area contributed by atoms with E-state index in [-0.39, 0.29) is 36.7 Å². The third-order valence-electron chi connectivity index (χ3n) is 5.59. The van der Waals surface area contributed by atoms with Crippen molar-refractivity contribution in [2.45, 2.75) is 65.4 Å². The van der Waals surface area contributed by atoms with Crippen LogP contribution in [-0.2, 0) is 14.3 Å². The smallest absolute Gasteiger partial charge is 0.338 e. The molecule has 0 N–H and O–H groups in total. The van der Waals surface area contributed by atoms with E-state index in [1.807, 2.05) is 0 Å². The third-order valence-corrected chi connectivity index (χ3v) is 5.59. The highest BCUT2D eigenvalue weighted by Crippen LogP contribution is 2.38. The maximum atomic E-state index is 12.4. The van der Waals surface area contributed by atoms with Crippen molar-refractivity contribution in [3.63, 3.8) is 0 Å². The van der Waals surface area contributed by atoms with Gasteiger partial charge in [0.1, 0.15) is 6.10 Å². The summed E-state index contributed by atoms with van der Waals surface area (Å²) in [5.41, 5.74) is 1.26. The Morgan fingerprint density at radius 2 is 1.50 bits per heavy atom. The van der Waals surface area contributed by atoms with Crippen LogP contribution in [-0.4, -0.2) is 23.9 Å². The Morgan fingerprint density at radius 3 is 2.00 bits per heavy atom. The van der Waals surface area contributed by atoms with Crippen LogP contribution in [0.15, 0.2) is 24.3 Å². The van der Waals surface area contributed by atoms with Gasteiger partial charge in [0.05, 0.1) is 11.3 Å². The first-order chi connectivity index (χ1) is 12.3. The van der Waals surface area contributed by atoms with E-state index in [0.29, 0.717) is 22.6 Å². The molecule has 0 spiro atoms. The van der Waals surface area contributed by atoms with Gasteiger partial charge in [0.15, 0.2) is 0 Å². The summed E-state index contributed by atoms with van der Waals surface area (Å²) in [6.45, 7) is 6.80. The predicted octanol–water partition coefficient (Wildman–Crippen LogP) is 4.10. The van der Waals surface area contributed by atoms with Crippen LogP contribution in [0, 0.1) is 11.3 Å². The first-order valence-corrected chi connectivity index (χ1v) is 9.42. The molecule has 1 aliphatic carbocycles. The Bertz CT molecular complexity index is 678. The Hall–Kier alpha value is -2.17. The molecule has 1 aromatic rings. The Morgan fingerprint density at radius 1 is 0.962 bits per heavy atom. The largest absolute Gasteiger partial charge is 0.459 e. The van der Waals surface area contributed by atoms with Crippen molar-refractivity contribution >= 4 is 23.5 Å². The highest BCUT2D eigenvalue weighted by Gasteiger charge is 2.32. The highest BCUT2D eigenvalue weighted by molar-refractivity contribution is 6.19. The van der Waals surface area contributed by atoms with Crippen molar-refractivity contribution in [3.8, 4) is 0 Å². The minimum absolute atomic E-state index is 0.0254. The molecule has 2 amide bonds. The van der Waals surface area contributed by atoms with Gasteiger partial charge < -0.3 is 4.74 Å². The molecule has 0 atom stereocenters. The molecular formula is C21H27NO4. The SMILES string of the molecule is CC(C)(C)C1CCC(OC(=O)c2ccc(N3C(=O)CCC3=O)cc2)CC1. The lowest BCUT2D eigenvalue weighted by Gasteiger charge is -2.36. The van der Waals surface area contributed by atoms with Crippen LogP contribution >= 0.6 is 0 Å². The first kappa shape index (κ1) is 18.6. The van der Waals surface area contributed by atoms with E-state index in [1.165, 1.54) is 4.90 Å². The number of nitrogens with zero attached hydrogens (tertiary/aromatic N) is 1. The zero-order valence-corrected chi connectivity index (χ0v) is 15.8. The van der Waals surface area contributed by atoms with Gasteiger partial charge in [-0.05, 0) is 61.3 Å². The second kappa shape index (κ2) is 7.22. The number of amides is 2. The van der Waals surface area contributed by atoms with E-state index in [1.54, 1.807) is 24.3 Å². The first-order valence-electron chi connectivity index (χ1n) is 9.42. The van der Waals surface area contributed by atoms with E-state index in [4.69, 9.17) is 4.74 Å². The topological polar surface area (TPSA) is 63.7 Å². The molecule has 0 unspecified atom stereocenters. The van der Waals surface area contributed by atoms with Gasteiger partial charge in [-0.25, -0.2) is 4.79 Å². The fourth-order valence-electron chi connectivity index (χ4n) is 3.88. The lowest BCUT2D eigenvalue weighted by Crippen LogP contribution is -2.30. The molecule has 5 heteroatoms. The molecule has 5 nitrogen and oxygen atoms in total. The summed E-state index contributed by atoms with van der Waals surface area (Å²) in [6, 6.07) is 6.51. The average Bonchev–Trinajstić information content (AvgIpc) is 2.93. The molecule has 0 bridgehead atoms. The molecule has 140 valence electrons. The van der Waals surface area contributed by atoms with Crippen LogP contribution < -0.4 is 4.90 Å². The number of hydrogen-bond donors (Lipinski definition) is 0. The third kappa shape index (κ3) is 3.97. The zero-order chi connectivity index (χ0) is 18.9. The molecule has 0 radical (unpaired) electrons. The van der Waals surface area contributed by atoms with Crippen LogP contribution in [0.25, 0.3) is 0 Å². The summed E-state index contributed by atoms with van der Waals surface area (Å²) in [5, 5.41) is 0. The minimum atomic E-state index is -0.338. The molecule has 2 aliphatic rings. The molecule has 1 saturated heterocycles. The summed E-state index contributed by atoms with van der Waals surface area (Å²) in [7, 11) is 0. The molecular weight excluding hydrogens is 330 g/mol. The Labute approximate surface area is 154 Å². The fourth-order valence-corrected chi connectivity index (χ4v) is 3.88. The van der Waals surface area contributed by atoms with Gasteiger partial charge in [-0.3, -0.25) is 14.5 Å². The average molecular weight is 357 g/mol. The lowest BCUT2D eigenvalue weighted by molar-refractivity contribution is -0.121.